The van der Waals surface area contributed by atoms with Gasteiger partial charge in [0.1, 0.15) is 0 Å². The predicted octanol–water partition coefficient (Wildman–Crippen LogP) is 3.01. The molecule has 126 valence electrons. The molecule has 1 aliphatic heterocycles. The third-order valence-electron chi connectivity index (χ3n) is 5.07. The lowest BCUT2D eigenvalue weighted by atomic mass is 9.93. The highest BCUT2D eigenvalue weighted by Crippen LogP contribution is 2.30. The lowest BCUT2D eigenvalue weighted by Crippen LogP contribution is -2.40. The number of hydrogen-bond acceptors (Lipinski definition) is 4. The highest BCUT2D eigenvalue weighted by atomic mass is 32.1. The number of nitrogens with one attached hydrogen (secondary N) is 1. The van der Waals surface area contributed by atoms with Gasteiger partial charge in [0.25, 0.3) is 5.91 Å². The topological polar surface area (TPSA) is 51.2 Å². The summed E-state index contributed by atoms with van der Waals surface area (Å²) in [7, 11) is 0. The van der Waals surface area contributed by atoms with Gasteiger partial charge in [-0.25, -0.2) is 0 Å². The Morgan fingerprint density at radius 3 is 2.96 bits per heavy atom. The fourth-order valence-corrected chi connectivity index (χ4v) is 4.84. The molecule has 0 aromatic carbocycles. The predicted molar refractivity (Wildman–Crippen MR) is 94.5 cm³/mol. The summed E-state index contributed by atoms with van der Waals surface area (Å²) in [5.41, 5.74) is 3.42. The van der Waals surface area contributed by atoms with E-state index >= 15 is 0 Å². The van der Waals surface area contributed by atoms with Crippen molar-refractivity contribution in [3.63, 3.8) is 0 Å². The number of ether oxygens (including phenoxy) is 1. The summed E-state index contributed by atoms with van der Waals surface area (Å²) in [6.07, 6.45) is 9.16. The van der Waals surface area contributed by atoms with Crippen molar-refractivity contribution in [2.75, 3.05) is 13.2 Å². The Balaban J connectivity index is 1.44. The fraction of sp³-hybridized carbons (Fsp3) is 0.474. The van der Waals surface area contributed by atoms with Gasteiger partial charge in [-0.05, 0) is 55.4 Å². The summed E-state index contributed by atoms with van der Waals surface area (Å²) in [5.74, 6) is 0.399. The van der Waals surface area contributed by atoms with Gasteiger partial charge in [-0.3, -0.25) is 9.78 Å². The van der Waals surface area contributed by atoms with E-state index in [2.05, 4.69) is 10.3 Å². The molecule has 1 N–H and O–H groups in total. The third kappa shape index (κ3) is 3.23. The number of pyridine rings is 1. The molecule has 1 fully saturated rings. The van der Waals surface area contributed by atoms with Crippen LogP contribution in [-0.4, -0.2) is 30.1 Å². The Kier molecular flexibility index (Phi) is 4.63. The zero-order valence-electron chi connectivity index (χ0n) is 13.7. The Morgan fingerprint density at radius 1 is 1.25 bits per heavy atom. The van der Waals surface area contributed by atoms with Gasteiger partial charge in [0.2, 0.25) is 0 Å². The molecule has 0 bridgehead atoms. The molecule has 0 spiro atoms. The van der Waals surface area contributed by atoms with E-state index in [0.717, 1.165) is 24.8 Å². The average Bonchev–Trinajstić information content (AvgIpc) is 3.23. The Bertz CT molecular complexity index is 713. The largest absolute Gasteiger partial charge is 0.379 e. The van der Waals surface area contributed by atoms with E-state index in [1.807, 2.05) is 29.9 Å². The molecule has 1 saturated heterocycles. The Morgan fingerprint density at radius 2 is 2.08 bits per heavy atom. The summed E-state index contributed by atoms with van der Waals surface area (Å²) in [5, 5.41) is 5.27. The molecule has 24 heavy (non-hydrogen) atoms. The zero-order chi connectivity index (χ0) is 16.4. The van der Waals surface area contributed by atoms with E-state index in [1.165, 1.54) is 28.8 Å². The van der Waals surface area contributed by atoms with Crippen LogP contribution in [0.2, 0.25) is 0 Å². The van der Waals surface area contributed by atoms with Gasteiger partial charge in [-0.15, -0.1) is 11.3 Å². The van der Waals surface area contributed by atoms with Crippen molar-refractivity contribution < 1.29 is 9.53 Å². The molecule has 5 heteroatoms. The molecule has 3 heterocycles. The van der Waals surface area contributed by atoms with Gasteiger partial charge < -0.3 is 10.1 Å². The fourth-order valence-electron chi connectivity index (χ4n) is 3.71. The number of carbonyl (C=O) groups is 1. The summed E-state index contributed by atoms with van der Waals surface area (Å²) >= 11 is 1.74. The third-order valence-corrected chi connectivity index (χ3v) is 6.16. The molecule has 4 rings (SSSR count). The van der Waals surface area contributed by atoms with Crippen molar-refractivity contribution in [1.82, 2.24) is 10.3 Å². The first-order valence-electron chi connectivity index (χ1n) is 8.68. The maximum Gasteiger partial charge on any atom is 0.252 e. The molecule has 0 saturated carbocycles. The highest BCUT2D eigenvalue weighted by Gasteiger charge is 2.31. The minimum absolute atomic E-state index is 0.0737. The van der Waals surface area contributed by atoms with Crippen LogP contribution < -0.4 is 5.32 Å². The number of aromatic nitrogens is 1. The van der Waals surface area contributed by atoms with Crippen LogP contribution in [0.15, 0.2) is 29.9 Å². The number of carbonyl (C=O) groups excluding carboxylic acids is 1. The van der Waals surface area contributed by atoms with E-state index < -0.39 is 0 Å². The van der Waals surface area contributed by atoms with Crippen LogP contribution in [0, 0.1) is 5.92 Å². The first-order chi connectivity index (χ1) is 11.8. The molecule has 0 unspecified atom stereocenters. The van der Waals surface area contributed by atoms with Crippen molar-refractivity contribution >= 4 is 17.2 Å². The molecule has 1 amide bonds. The van der Waals surface area contributed by atoms with Gasteiger partial charge in [-0.2, -0.15) is 0 Å². The second kappa shape index (κ2) is 7.03. The monoisotopic (exact) mass is 342 g/mol. The summed E-state index contributed by atoms with van der Waals surface area (Å²) in [6.45, 7) is 1.31. The lowest BCUT2D eigenvalue weighted by Gasteiger charge is -2.20. The minimum Gasteiger partial charge on any atom is -0.379 e. The number of thiophene rings is 1. The molecule has 2 aromatic heterocycles. The van der Waals surface area contributed by atoms with Crippen molar-refractivity contribution in [3.8, 4) is 0 Å². The number of amides is 1. The van der Waals surface area contributed by atoms with Gasteiger partial charge >= 0.3 is 0 Å². The lowest BCUT2D eigenvalue weighted by molar-refractivity contribution is 0.0924. The standard InChI is InChI=1S/C19H22N2O2S/c22-19(16-12-24-18-4-2-1-3-15(16)18)21-17-11-23-10-14(17)9-13-5-7-20-8-6-13/h5-8,12,14,17H,1-4,9-11H2,(H,21,22)/t14-,17-/m1/s1. The van der Waals surface area contributed by atoms with Crippen molar-refractivity contribution in [3.05, 3.63) is 51.5 Å². The highest BCUT2D eigenvalue weighted by molar-refractivity contribution is 7.10. The summed E-state index contributed by atoms with van der Waals surface area (Å²) < 4.78 is 5.65. The minimum atomic E-state index is 0.0737. The quantitative estimate of drug-likeness (QED) is 0.929. The smallest absolute Gasteiger partial charge is 0.252 e. The van der Waals surface area contributed by atoms with E-state index in [0.29, 0.717) is 19.1 Å². The molecule has 4 nitrogen and oxygen atoms in total. The molecule has 2 aromatic rings. The Labute approximate surface area is 146 Å². The van der Waals surface area contributed by atoms with Crippen LogP contribution in [0.25, 0.3) is 0 Å². The zero-order valence-corrected chi connectivity index (χ0v) is 14.5. The van der Waals surface area contributed by atoms with Crippen molar-refractivity contribution in [2.24, 2.45) is 5.92 Å². The molecule has 2 atom stereocenters. The van der Waals surface area contributed by atoms with E-state index in [4.69, 9.17) is 4.74 Å². The molecular weight excluding hydrogens is 320 g/mol. The van der Waals surface area contributed by atoms with E-state index in [1.54, 1.807) is 11.3 Å². The van der Waals surface area contributed by atoms with E-state index in [9.17, 15) is 4.79 Å². The number of rotatable bonds is 4. The first-order valence-corrected chi connectivity index (χ1v) is 9.56. The van der Waals surface area contributed by atoms with Crippen LogP contribution in [0.1, 0.15) is 39.2 Å². The number of fused-ring (bicyclic) bond motifs is 1. The normalized spacial score (nSPS) is 23.0. The van der Waals surface area contributed by atoms with Crippen LogP contribution in [0.3, 0.4) is 0 Å². The van der Waals surface area contributed by atoms with Crippen LogP contribution >= 0.6 is 11.3 Å². The van der Waals surface area contributed by atoms with Crippen LogP contribution in [0.5, 0.6) is 0 Å². The summed E-state index contributed by atoms with van der Waals surface area (Å²) in [4.78, 5) is 18.2. The summed E-state index contributed by atoms with van der Waals surface area (Å²) in [6, 6.07) is 4.16. The van der Waals surface area contributed by atoms with Crippen molar-refractivity contribution in [1.29, 1.82) is 0 Å². The SMILES string of the molecule is O=C(N[C@@H]1COC[C@H]1Cc1ccncc1)c1csc2c1CCCC2. The van der Waals surface area contributed by atoms with Crippen LogP contribution in [-0.2, 0) is 24.0 Å². The van der Waals surface area contributed by atoms with Gasteiger partial charge in [-0.1, -0.05) is 0 Å². The maximum absolute atomic E-state index is 12.8. The second-order valence-corrected chi connectivity index (χ2v) is 7.66. The number of nitrogens with zero attached hydrogens (tertiary/aromatic N) is 1. The van der Waals surface area contributed by atoms with E-state index in [-0.39, 0.29) is 11.9 Å². The molecule has 2 aliphatic rings. The van der Waals surface area contributed by atoms with Crippen molar-refractivity contribution in [2.45, 2.75) is 38.1 Å². The Hall–Kier alpha value is -1.72. The maximum atomic E-state index is 12.8. The number of aryl methyl sites for hydroxylation is 1. The molecule has 1 aliphatic carbocycles. The van der Waals surface area contributed by atoms with Gasteiger partial charge in [0.05, 0.1) is 24.8 Å². The second-order valence-electron chi connectivity index (χ2n) is 6.70. The molecular formula is C19H22N2O2S. The van der Waals surface area contributed by atoms with Gasteiger partial charge in [0, 0.05) is 28.6 Å². The first kappa shape index (κ1) is 15.8. The average molecular weight is 342 g/mol. The van der Waals surface area contributed by atoms with Gasteiger partial charge in [0.15, 0.2) is 0 Å². The number of hydrogen-bond donors (Lipinski definition) is 1. The van der Waals surface area contributed by atoms with Crippen LogP contribution in [0.4, 0.5) is 0 Å². The molecule has 0 radical (unpaired) electrons.